The molecule has 0 aliphatic rings. The second-order valence-electron chi connectivity index (χ2n) is 1.12. The molecule has 50 valence electrons. The van der Waals surface area contributed by atoms with Crippen molar-refractivity contribution in [2.24, 2.45) is 0 Å². The Hall–Kier alpha value is 4.66. The molecular weight excluding hydrogens is 800 g/mol. The summed E-state index contributed by atoms with van der Waals surface area (Å²) < 4.78 is -1.06. The van der Waals surface area contributed by atoms with Crippen LogP contribution in [0.15, 0.2) is 0 Å². The summed E-state index contributed by atoms with van der Waals surface area (Å²) in [5.74, 6) is 0. The van der Waals surface area contributed by atoms with Crippen molar-refractivity contribution in [1.29, 1.82) is 0 Å². The standard InChI is InChI=1S/BI6Si/c2-1(3,4)8(5,6)7/q-1. The molecule has 0 aliphatic carbocycles. The third kappa shape index (κ3) is 5.33. The van der Waals surface area contributed by atoms with E-state index in [4.69, 9.17) is 0 Å². The molecule has 0 fully saturated rings. The smallest absolute Gasteiger partial charge is 0.210 e. The summed E-state index contributed by atoms with van der Waals surface area (Å²) in [4.78, 5) is 0. The summed E-state index contributed by atoms with van der Waals surface area (Å²) in [6.45, 7) is 0. The van der Waals surface area contributed by atoms with Crippen LogP contribution in [-0.4, -0.2) is -0.259 Å². The minimum atomic E-state index is -0.926. The van der Waals surface area contributed by atoms with Crippen LogP contribution < -0.4 is 0 Å². The van der Waals surface area contributed by atoms with Gasteiger partial charge in [-0.2, -0.15) is 0 Å². The molecule has 0 unspecified atom stereocenters. The lowest BCUT2D eigenvalue weighted by Gasteiger charge is -2.28. The lowest BCUT2D eigenvalue weighted by Crippen LogP contribution is -2.32. The topological polar surface area (TPSA) is 0 Å². The second-order valence-corrected chi connectivity index (χ2v) is 53.2. The first-order valence-corrected chi connectivity index (χ1v) is 16.7. The first-order valence-electron chi connectivity index (χ1n) is 1.51. The Morgan fingerprint density at radius 3 is 1.00 bits per heavy atom. The maximum absolute atomic E-state index is 2.60. The van der Waals surface area contributed by atoms with Gasteiger partial charge < -0.3 is 67.1 Å². The molecular formula is BI6Si-. The minimum Gasteiger partial charge on any atom is -0.322 e. The van der Waals surface area contributed by atoms with Gasteiger partial charge in [0, 0.05) is 0 Å². The predicted octanol–water partition coefficient (Wildman–Crippen LogP) is 4.55. The quantitative estimate of drug-likeness (QED) is 0.208. The van der Waals surface area contributed by atoms with Crippen molar-refractivity contribution in [3.63, 3.8) is 0 Å². The van der Waals surface area contributed by atoms with E-state index in [-0.39, 0.29) is -0.692 Å². The average molecular weight is 800 g/mol. The molecule has 0 atom stereocenters. The lowest BCUT2D eigenvalue weighted by atomic mass is 10.7. The highest BCUT2D eigenvalue weighted by atomic mass is 127. The van der Waals surface area contributed by atoms with E-state index in [2.05, 4.69) is 133 Å². The molecule has 0 N–H and O–H groups in total. The molecule has 0 rings (SSSR count). The fourth-order valence-corrected chi connectivity index (χ4v) is 0. The molecule has 0 heterocycles. The Bertz CT molecular complexity index is 63.5. The zero-order valence-electron chi connectivity index (χ0n) is 3.35. The molecule has 0 nitrogen and oxygen atoms in total. The normalized spacial score (nSPS) is 14.2. The highest BCUT2D eigenvalue weighted by Gasteiger charge is 2.35. The molecule has 0 saturated heterocycles. The Morgan fingerprint density at radius 1 is 0.875 bits per heavy atom. The molecule has 0 aromatic heterocycles. The number of rotatable bonds is 1. The summed E-state index contributed by atoms with van der Waals surface area (Å²) in [7, 11) is 0. The van der Waals surface area contributed by atoms with Crippen molar-refractivity contribution in [3.05, 3.63) is 0 Å². The Balaban J connectivity index is 4.02. The van der Waals surface area contributed by atoms with Crippen molar-refractivity contribution in [3.8, 4) is 0 Å². The van der Waals surface area contributed by atoms with E-state index in [1.807, 2.05) is 0 Å². The van der Waals surface area contributed by atoms with Crippen molar-refractivity contribution in [1.82, 2.24) is 0 Å². The van der Waals surface area contributed by atoms with Gasteiger partial charge in [0.2, 0.25) is -0.692 Å². The van der Waals surface area contributed by atoms with Gasteiger partial charge in [0.25, 0.3) is 0 Å². The summed E-state index contributed by atoms with van der Waals surface area (Å²) in [5.41, 5.74) is 0. The average Bonchev–Trinajstić information content (AvgIpc) is 1.25. The van der Waals surface area contributed by atoms with Gasteiger partial charge in [0.1, 0.15) is 0.434 Å². The fraction of sp³-hybridized carbons (Fsp3) is 0. The zero-order valence-corrected chi connectivity index (χ0v) is 17.3. The number of hydrogen-bond acceptors (Lipinski definition) is 0. The summed E-state index contributed by atoms with van der Waals surface area (Å²) >= 11 is 15.5. The third-order valence-electron chi connectivity index (χ3n) is 0.371. The van der Waals surface area contributed by atoms with Gasteiger partial charge in [-0.15, -0.1) is 65.4 Å². The molecule has 8 heavy (non-hydrogen) atoms. The third-order valence-corrected chi connectivity index (χ3v) is 50.1. The first-order chi connectivity index (χ1) is 3.25. The van der Waals surface area contributed by atoms with Crippen LogP contribution in [0, 0.1) is 0 Å². The van der Waals surface area contributed by atoms with Gasteiger partial charge in [-0.3, -0.25) is 0 Å². The van der Waals surface area contributed by atoms with Crippen LogP contribution in [0.5, 0.6) is 0 Å². The molecule has 0 amide bonds. The van der Waals surface area contributed by atoms with Gasteiger partial charge in [-0.25, -0.2) is 0 Å². The zero-order chi connectivity index (χ0) is 7.00. The highest BCUT2D eigenvalue weighted by Crippen LogP contribution is 2.49. The monoisotopic (exact) mass is 800 g/mol. The molecule has 8 heteroatoms. The van der Waals surface area contributed by atoms with E-state index in [1.54, 1.807) is 0 Å². The van der Waals surface area contributed by atoms with E-state index in [1.165, 1.54) is 0 Å². The van der Waals surface area contributed by atoms with Crippen molar-refractivity contribution in [2.45, 2.75) is 0 Å². The molecule has 0 saturated carbocycles. The van der Waals surface area contributed by atoms with Crippen LogP contribution in [0.2, 0.25) is 0 Å². The summed E-state index contributed by atoms with van der Waals surface area (Å²) in [6.07, 6.45) is 0. The lowest BCUT2D eigenvalue weighted by molar-refractivity contribution is 4.44. The predicted molar refractivity (Wildman–Crippen MR) is 95.6 cm³/mol. The van der Waals surface area contributed by atoms with E-state index in [0.717, 1.165) is 0 Å². The maximum atomic E-state index is 2.60. The number of hydrogen-bond donors (Lipinski definition) is 0. The van der Waals surface area contributed by atoms with Crippen LogP contribution in [0.3, 0.4) is 0 Å². The summed E-state index contributed by atoms with van der Waals surface area (Å²) in [5, 5.41) is 0. The highest BCUT2D eigenvalue weighted by molar-refractivity contribution is 14.4. The van der Waals surface area contributed by atoms with Crippen LogP contribution >= 0.6 is 133 Å². The number of halogens is 6. The Morgan fingerprint density at radius 2 is 1.00 bits per heavy atom. The van der Waals surface area contributed by atoms with E-state index >= 15 is 0 Å². The molecule has 0 spiro atoms. The minimum absolute atomic E-state index is 0.137. The maximum Gasteiger partial charge on any atom is 0.210 e. The van der Waals surface area contributed by atoms with Gasteiger partial charge >= 0.3 is 0 Å². The molecule has 0 bridgehead atoms. The van der Waals surface area contributed by atoms with E-state index < -0.39 is 0.434 Å². The second kappa shape index (κ2) is 4.78. The van der Waals surface area contributed by atoms with Gasteiger partial charge in [0.15, 0.2) is 0 Å². The summed E-state index contributed by atoms with van der Waals surface area (Å²) in [6, 6.07) is 0. The SMILES string of the molecule is I[B-](I)(I)[Si](I)(I)I. The van der Waals surface area contributed by atoms with Crippen LogP contribution in [0.4, 0.5) is 0 Å². The van der Waals surface area contributed by atoms with E-state index in [0.29, 0.717) is 0 Å². The fourth-order valence-electron chi connectivity index (χ4n) is 0. The van der Waals surface area contributed by atoms with Crippen molar-refractivity contribution >= 4 is 132 Å². The Kier molecular flexibility index (Phi) is 7.56. The largest absolute Gasteiger partial charge is 0.322 e. The van der Waals surface area contributed by atoms with Gasteiger partial charge in [0.05, 0.1) is 0 Å². The van der Waals surface area contributed by atoms with Gasteiger partial charge in [-0.05, 0) is 0 Å². The van der Waals surface area contributed by atoms with Crippen molar-refractivity contribution in [2.75, 3.05) is 0 Å². The van der Waals surface area contributed by atoms with Crippen LogP contribution in [-0.2, 0) is 0 Å². The van der Waals surface area contributed by atoms with Gasteiger partial charge in [-0.1, -0.05) is 0 Å². The Labute approximate surface area is 128 Å². The molecule has 0 aliphatic heterocycles. The van der Waals surface area contributed by atoms with Crippen molar-refractivity contribution < 1.29 is 0 Å². The van der Waals surface area contributed by atoms with E-state index in [9.17, 15) is 0 Å². The molecule has 0 aromatic rings. The first kappa shape index (κ1) is 12.7. The van der Waals surface area contributed by atoms with Crippen LogP contribution in [0.1, 0.15) is 0 Å². The molecule has 0 aromatic carbocycles. The van der Waals surface area contributed by atoms with Crippen LogP contribution in [0.25, 0.3) is 0 Å². The molecule has 0 radical (unpaired) electrons.